The molecule has 5 rings (SSSR count). The highest BCUT2D eigenvalue weighted by Gasteiger charge is 2.50. The van der Waals surface area contributed by atoms with Gasteiger partial charge in [0, 0.05) is 24.4 Å². The van der Waals surface area contributed by atoms with Gasteiger partial charge in [-0.25, -0.2) is 4.39 Å². The van der Waals surface area contributed by atoms with E-state index in [-0.39, 0.29) is 11.7 Å². The van der Waals surface area contributed by atoms with Gasteiger partial charge in [-0.15, -0.1) is 0 Å². The zero-order chi connectivity index (χ0) is 26.4. The molecule has 2 aliphatic heterocycles. The first-order valence-corrected chi connectivity index (χ1v) is 13.4. The average molecular weight is 504 g/mol. The Labute approximate surface area is 219 Å². The number of fused-ring (bicyclic) bond motifs is 2. The normalized spacial score (nSPS) is 24.2. The van der Waals surface area contributed by atoms with Crippen LogP contribution in [0.15, 0.2) is 89.2 Å². The zero-order valence-corrected chi connectivity index (χ0v) is 22.3. The molecule has 2 N–H and O–H groups in total. The van der Waals surface area contributed by atoms with Crippen LogP contribution in [-0.2, 0) is 16.7 Å². The van der Waals surface area contributed by atoms with E-state index >= 15 is 0 Å². The van der Waals surface area contributed by atoms with E-state index in [0.717, 1.165) is 49.1 Å². The van der Waals surface area contributed by atoms with Crippen molar-refractivity contribution in [3.05, 3.63) is 106 Å². The molecule has 0 radical (unpaired) electrons. The molecule has 1 aliphatic carbocycles. The fraction of sp³-hybridized carbons (Fsp3) is 0.438. The lowest BCUT2D eigenvalue weighted by Crippen LogP contribution is -2.51. The van der Waals surface area contributed by atoms with Crippen LogP contribution >= 0.6 is 0 Å². The maximum Gasteiger partial charge on any atom is 0.214 e. The number of ether oxygens (including phenoxy) is 1. The Balaban J connectivity index is 1.57. The summed E-state index contributed by atoms with van der Waals surface area (Å²) in [6.45, 7) is 10.8. The standard InChI is InChI=1S/C32H38FNO3/c1-5-16-31(4,23-11-13-25(33)14-12-23)24-18-28-29(32(35,36)19-24)26-21-34(20-22-9-7-6-8-10-22)17-15-27(26)30(2,3)37-28/h6-14,18-19,27,35-36H,5,15-17,20-21H2,1-4H3. The Kier molecular flexibility index (Phi) is 6.68. The number of hydrogen-bond acceptors (Lipinski definition) is 4. The largest absolute Gasteiger partial charge is 0.487 e. The smallest absolute Gasteiger partial charge is 0.214 e. The van der Waals surface area contributed by atoms with E-state index in [9.17, 15) is 14.6 Å². The number of benzene rings is 2. The van der Waals surface area contributed by atoms with Crippen molar-refractivity contribution in [3.8, 4) is 0 Å². The van der Waals surface area contributed by atoms with Crippen LogP contribution in [0.1, 0.15) is 58.1 Å². The molecule has 0 aromatic heterocycles. The lowest BCUT2D eigenvalue weighted by atomic mass is 9.67. The van der Waals surface area contributed by atoms with Crippen LogP contribution in [0, 0.1) is 11.7 Å². The van der Waals surface area contributed by atoms with Crippen molar-refractivity contribution < 1.29 is 19.3 Å². The third kappa shape index (κ3) is 4.81. The van der Waals surface area contributed by atoms with Gasteiger partial charge in [0.2, 0.25) is 5.79 Å². The molecule has 2 unspecified atom stereocenters. The highest BCUT2D eigenvalue weighted by atomic mass is 19.1. The van der Waals surface area contributed by atoms with Crippen molar-refractivity contribution in [2.24, 2.45) is 5.92 Å². The number of rotatable bonds is 6. The summed E-state index contributed by atoms with van der Waals surface area (Å²) < 4.78 is 20.3. The van der Waals surface area contributed by atoms with Gasteiger partial charge in [0.05, 0.1) is 5.57 Å². The molecular formula is C32H38FNO3. The summed E-state index contributed by atoms with van der Waals surface area (Å²) in [5, 5.41) is 23.1. The van der Waals surface area contributed by atoms with Crippen molar-refractivity contribution in [1.29, 1.82) is 0 Å². The van der Waals surface area contributed by atoms with Crippen LogP contribution in [0.3, 0.4) is 0 Å². The van der Waals surface area contributed by atoms with Crippen LogP contribution in [0.4, 0.5) is 4.39 Å². The van der Waals surface area contributed by atoms with Crippen molar-refractivity contribution in [3.63, 3.8) is 0 Å². The van der Waals surface area contributed by atoms with Crippen LogP contribution in [-0.4, -0.2) is 39.6 Å². The first-order valence-electron chi connectivity index (χ1n) is 13.4. The van der Waals surface area contributed by atoms with Crippen molar-refractivity contribution in [2.45, 2.75) is 70.3 Å². The fourth-order valence-electron chi connectivity index (χ4n) is 6.56. The van der Waals surface area contributed by atoms with Gasteiger partial charge in [0.1, 0.15) is 17.2 Å². The predicted octanol–water partition coefficient (Wildman–Crippen LogP) is 6.02. The van der Waals surface area contributed by atoms with E-state index < -0.39 is 16.8 Å². The fourth-order valence-corrected chi connectivity index (χ4v) is 6.56. The third-order valence-electron chi connectivity index (χ3n) is 8.46. The molecule has 2 aromatic rings. The lowest BCUT2D eigenvalue weighted by Gasteiger charge is -2.50. The van der Waals surface area contributed by atoms with Gasteiger partial charge in [-0.1, -0.05) is 62.7 Å². The summed E-state index contributed by atoms with van der Waals surface area (Å²) in [4.78, 5) is 2.38. The van der Waals surface area contributed by atoms with Crippen LogP contribution in [0.2, 0.25) is 0 Å². The molecule has 5 heteroatoms. The van der Waals surface area contributed by atoms with E-state index in [0.29, 0.717) is 17.9 Å². The average Bonchev–Trinajstić information content (AvgIpc) is 2.83. The SMILES string of the molecule is CCCC(C)(C1=CC(O)(O)C2=C3CN(Cc4ccccc4)CCC3C(C)(C)OC2=C1)c1ccc(F)cc1. The zero-order valence-electron chi connectivity index (χ0n) is 22.3. The molecule has 4 nitrogen and oxygen atoms in total. The third-order valence-corrected chi connectivity index (χ3v) is 8.46. The summed E-state index contributed by atoms with van der Waals surface area (Å²) in [6, 6.07) is 16.9. The van der Waals surface area contributed by atoms with Gasteiger partial charge in [-0.3, -0.25) is 4.90 Å². The number of hydrogen-bond donors (Lipinski definition) is 2. The second-order valence-corrected chi connectivity index (χ2v) is 11.6. The van der Waals surface area contributed by atoms with E-state index in [2.05, 4.69) is 56.9 Å². The quantitative estimate of drug-likeness (QED) is 0.474. The minimum Gasteiger partial charge on any atom is -0.487 e. The molecule has 37 heavy (non-hydrogen) atoms. The number of aliphatic hydroxyl groups is 2. The minimum atomic E-state index is -2.16. The molecular weight excluding hydrogens is 465 g/mol. The molecule has 2 atom stereocenters. The van der Waals surface area contributed by atoms with Gasteiger partial charge < -0.3 is 14.9 Å². The summed E-state index contributed by atoms with van der Waals surface area (Å²) in [6.07, 6.45) is 6.11. The summed E-state index contributed by atoms with van der Waals surface area (Å²) >= 11 is 0. The van der Waals surface area contributed by atoms with Crippen molar-refractivity contribution in [1.82, 2.24) is 4.90 Å². The number of halogens is 1. The van der Waals surface area contributed by atoms with Crippen molar-refractivity contribution in [2.75, 3.05) is 13.1 Å². The molecule has 1 fully saturated rings. The Hall–Kier alpha value is -2.73. The Bertz CT molecular complexity index is 1240. The molecule has 2 heterocycles. The molecule has 2 aromatic carbocycles. The van der Waals surface area contributed by atoms with Crippen LogP contribution in [0.5, 0.6) is 0 Å². The highest BCUT2D eigenvalue weighted by molar-refractivity contribution is 5.56. The number of likely N-dealkylation sites (tertiary alicyclic amines) is 1. The summed E-state index contributed by atoms with van der Waals surface area (Å²) in [7, 11) is 0. The molecule has 196 valence electrons. The van der Waals surface area contributed by atoms with E-state index in [1.165, 1.54) is 17.7 Å². The van der Waals surface area contributed by atoms with Gasteiger partial charge in [0.25, 0.3) is 0 Å². The van der Waals surface area contributed by atoms with E-state index in [1.54, 1.807) is 18.2 Å². The first kappa shape index (κ1) is 25.9. The predicted molar refractivity (Wildman–Crippen MR) is 144 cm³/mol. The van der Waals surface area contributed by atoms with Gasteiger partial charge in [-0.2, -0.15) is 0 Å². The van der Waals surface area contributed by atoms with Crippen LogP contribution in [0.25, 0.3) is 0 Å². The number of nitrogens with zero attached hydrogens (tertiary/aromatic N) is 1. The number of allylic oxidation sites excluding steroid dienone is 2. The molecule has 1 saturated heterocycles. The Morgan fingerprint density at radius 2 is 1.78 bits per heavy atom. The maximum atomic E-state index is 13.7. The summed E-state index contributed by atoms with van der Waals surface area (Å²) in [5.74, 6) is -1.82. The number of piperidine rings is 1. The first-order chi connectivity index (χ1) is 17.5. The van der Waals surface area contributed by atoms with Gasteiger partial charge in [-0.05, 0) is 79.8 Å². The minimum absolute atomic E-state index is 0.0967. The molecule has 0 saturated carbocycles. The molecule has 0 amide bonds. The topological polar surface area (TPSA) is 52.9 Å². The second kappa shape index (κ2) is 9.54. The van der Waals surface area contributed by atoms with E-state index in [4.69, 9.17) is 4.74 Å². The van der Waals surface area contributed by atoms with Gasteiger partial charge in [0.15, 0.2) is 0 Å². The monoisotopic (exact) mass is 503 g/mol. The van der Waals surface area contributed by atoms with Crippen molar-refractivity contribution >= 4 is 0 Å². The van der Waals surface area contributed by atoms with Gasteiger partial charge >= 0.3 is 0 Å². The summed E-state index contributed by atoms with van der Waals surface area (Å²) in [5.41, 5.74) is 3.48. The lowest BCUT2D eigenvalue weighted by molar-refractivity contribution is -0.108. The molecule has 0 spiro atoms. The Morgan fingerprint density at radius 1 is 1.08 bits per heavy atom. The highest BCUT2D eigenvalue weighted by Crippen LogP contribution is 2.51. The van der Waals surface area contributed by atoms with E-state index in [1.807, 2.05) is 12.1 Å². The Morgan fingerprint density at radius 3 is 2.46 bits per heavy atom. The maximum absolute atomic E-state index is 13.7. The molecule has 0 bridgehead atoms. The van der Waals surface area contributed by atoms with Crippen LogP contribution < -0.4 is 0 Å². The second-order valence-electron chi connectivity index (χ2n) is 11.6. The molecule has 3 aliphatic rings.